The Hall–Kier alpha value is -0.475. The fourth-order valence-electron chi connectivity index (χ4n) is 1.30. The average molecular weight is 254 g/mol. The van der Waals surface area contributed by atoms with Crippen molar-refractivity contribution in [3.05, 3.63) is 35.0 Å². The molecule has 2 N–H and O–H groups in total. The van der Waals surface area contributed by atoms with Crippen molar-refractivity contribution in [3.63, 3.8) is 0 Å². The van der Waals surface area contributed by atoms with Crippen LogP contribution >= 0.6 is 15.9 Å². The van der Waals surface area contributed by atoms with E-state index in [-0.39, 0.29) is 6.04 Å². The summed E-state index contributed by atoms with van der Waals surface area (Å²) in [5.74, 6) is 0. The standard InChI is InChI=1S/C10H13BBrNO/c1-3-4-10(11,14)9-5-7(2)8(12)6-13-9/h3,5-6,9,13-14H,1,4H2,2H3. The fraction of sp³-hybridized carbons (Fsp3) is 0.400. The van der Waals surface area contributed by atoms with Gasteiger partial charge in [-0.3, -0.25) is 0 Å². The molecule has 2 radical (unpaired) electrons. The van der Waals surface area contributed by atoms with Gasteiger partial charge in [0.15, 0.2) is 0 Å². The Kier molecular flexibility index (Phi) is 3.62. The molecule has 0 saturated carbocycles. The molecule has 0 spiro atoms. The summed E-state index contributed by atoms with van der Waals surface area (Å²) < 4.78 is 0.975. The number of rotatable bonds is 3. The minimum atomic E-state index is -1.28. The van der Waals surface area contributed by atoms with Gasteiger partial charge in [-0.25, -0.2) is 0 Å². The number of hydrogen-bond donors (Lipinski definition) is 2. The van der Waals surface area contributed by atoms with E-state index in [0.29, 0.717) is 6.42 Å². The zero-order valence-corrected chi connectivity index (χ0v) is 9.71. The van der Waals surface area contributed by atoms with Crippen molar-refractivity contribution >= 4 is 23.8 Å². The van der Waals surface area contributed by atoms with Gasteiger partial charge in [-0.05, 0) is 34.8 Å². The van der Waals surface area contributed by atoms with Crippen LogP contribution in [-0.2, 0) is 0 Å². The van der Waals surface area contributed by atoms with Crippen LogP contribution in [0.2, 0.25) is 0 Å². The summed E-state index contributed by atoms with van der Waals surface area (Å²) in [6.07, 6.45) is 5.65. The van der Waals surface area contributed by atoms with Crippen molar-refractivity contribution < 1.29 is 5.11 Å². The number of aliphatic hydroxyl groups is 1. The predicted octanol–water partition coefficient (Wildman–Crippen LogP) is 1.57. The van der Waals surface area contributed by atoms with Gasteiger partial charge in [-0.1, -0.05) is 12.2 Å². The molecule has 0 aromatic rings. The second-order valence-corrected chi connectivity index (χ2v) is 4.32. The van der Waals surface area contributed by atoms with Crippen LogP contribution in [0.1, 0.15) is 13.3 Å². The van der Waals surface area contributed by atoms with Crippen LogP contribution in [0.5, 0.6) is 0 Å². The lowest BCUT2D eigenvalue weighted by Gasteiger charge is -2.33. The summed E-state index contributed by atoms with van der Waals surface area (Å²) in [6, 6.07) is -0.276. The first kappa shape index (κ1) is 11.6. The first-order valence-corrected chi connectivity index (χ1v) is 5.19. The van der Waals surface area contributed by atoms with Crippen LogP contribution < -0.4 is 5.32 Å². The van der Waals surface area contributed by atoms with Crippen molar-refractivity contribution in [3.8, 4) is 0 Å². The Morgan fingerprint density at radius 1 is 1.86 bits per heavy atom. The van der Waals surface area contributed by atoms with Crippen molar-refractivity contribution in [1.82, 2.24) is 5.32 Å². The molecule has 2 atom stereocenters. The molecule has 0 aromatic carbocycles. The van der Waals surface area contributed by atoms with Crippen LogP contribution in [-0.4, -0.2) is 24.5 Å². The van der Waals surface area contributed by atoms with Gasteiger partial charge in [0.1, 0.15) is 7.85 Å². The molecule has 4 heteroatoms. The topological polar surface area (TPSA) is 32.3 Å². The zero-order chi connectivity index (χ0) is 10.8. The Balaban J connectivity index is 2.78. The van der Waals surface area contributed by atoms with Crippen LogP contribution in [0.3, 0.4) is 0 Å². The molecule has 0 fully saturated rings. The summed E-state index contributed by atoms with van der Waals surface area (Å²) in [5.41, 5.74) is -0.227. The number of hydrogen-bond acceptors (Lipinski definition) is 2. The summed E-state index contributed by atoms with van der Waals surface area (Å²) >= 11 is 3.37. The highest BCUT2D eigenvalue weighted by Gasteiger charge is 2.29. The maximum absolute atomic E-state index is 9.90. The summed E-state index contributed by atoms with van der Waals surface area (Å²) in [4.78, 5) is 0. The lowest BCUT2D eigenvalue weighted by Crippen LogP contribution is -2.49. The third-order valence-electron chi connectivity index (χ3n) is 2.19. The van der Waals surface area contributed by atoms with E-state index in [1.54, 1.807) is 12.3 Å². The fourth-order valence-corrected chi connectivity index (χ4v) is 1.57. The van der Waals surface area contributed by atoms with Gasteiger partial charge in [-0.2, -0.15) is 0 Å². The van der Waals surface area contributed by atoms with Gasteiger partial charge >= 0.3 is 0 Å². The van der Waals surface area contributed by atoms with E-state index in [1.807, 2.05) is 13.0 Å². The van der Waals surface area contributed by atoms with Crippen LogP contribution in [0.15, 0.2) is 35.0 Å². The van der Waals surface area contributed by atoms with E-state index in [1.165, 1.54) is 0 Å². The minimum Gasteiger partial charge on any atom is -0.397 e. The number of halogens is 1. The highest BCUT2D eigenvalue weighted by atomic mass is 79.9. The zero-order valence-electron chi connectivity index (χ0n) is 8.13. The molecule has 74 valence electrons. The van der Waals surface area contributed by atoms with Gasteiger partial charge in [0.25, 0.3) is 0 Å². The van der Waals surface area contributed by atoms with E-state index >= 15 is 0 Å². The van der Waals surface area contributed by atoms with Crippen LogP contribution in [0, 0.1) is 0 Å². The summed E-state index contributed by atoms with van der Waals surface area (Å²) in [6.45, 7) is 5.52. The second-order valence-electron chi connectivity index (χ2n) is 3.47. The van der Waals surface area contributed by atoms with Crippen LogP contribution in [0.4, 0.5) is 0 Å². The molecule has 1 aliphatic rings. The van der Waals surface area contributed by atoms with E-state index < -0.39 is 5.50 Å². The molecule has 1 heterocycles. The van der Waals surface area contributed by atoms with Gasteiger partial charge < -0.3 is 10.4 Å². The molecule has 2 unspecified atom stereocenters. The Morgan fingerprint density at radius 3 is 3.00 bits per heavy atom. The molecule has 0 saturated heterocycles. The minimum absolute atomic E-state index is 0.276. The lowest BCUT2D eigenvalue weighted by molar-refractivity contribution is 0.107. The first-order valence-electron chi connectivity index (χ1n) is 4.40. The normalized spacial score (nSPS) is 25.5. The van der Waals surface area contributed by atoms with E-state index in [2.05, 4.69) is 27.8 Å². The Bertz CT molecular complexity index is 296. The third-order valence-corrected chi connectivity index (χ3v) is 3.05. The molecule has 1 rings (SSSR count). The van der Waals surface area contributed by atoms with Crippen molar-refractivity contribution in [2.75, 3.05) is 0 Å². The molecule has 1 aliphatic heterocycles. The molecule has 0 bridgehead atoms. The SMILES string of the molecule is [B]C(O)(CC=C)C1C=C(C)C(Br)=CN1. The average Bonchev–Trinajstić information content (AvgIpc) is 2.09. The predicted molar refractivity (Wildman–Crippen MR) is 63.2 cm³/mol. The first-order chi connectivity index (χ1) is 6.47. The summed E-state index contributed by atoms with van der Waals surface area (Å²) in [5, 5.41) is 12.9. The van der Waals surface area contributed by atoms with E-state index in [9.17, 15) is 5.11 Å². The molecule has 14 heavy (non-hydrogen) atoms. The van der Waals surface area contributed by atoms with E-state index in [4.69, 9.17) is 7.85 Å². The van der Waals surface area contributed by atoms with Gasteiger partial charge in [0, 0.05) is 10.7 Å². The highest BCUT2D eigenvalue weighted by Crippen LogP contribution is 2.24. The molecule has 2 nitrogen and oxygen atoms in total. The molecule has 0 amide bonds. The van der Waals surface area contributed by atoms with Crippen molar-refractivity contribution in [2.45, 2.75) is 24.9 Å². The molecular weight excluding hydrogens is 241 g/mol. The van der Waals surface area contributed by atoms with E-state index in [0.717, 1.165) is 10.1 Å². The van der Waals surface area contributed by atoms with Crippen molar-refractivity contribution in [2.24, 2.45) is 0 Å². The Labute approximate surface area is 94.3 Å². The number of allylic oxidation sites excluding steroid dienone is 2. The molecule has 0 aromatic heterocycles. The molecular formula is C10H13BBrNO. The smallest absolute Gasteiger partial charge is 0.117 e. The summed E-state index contributed by atoms with van der Waals surface area (Å²) in [7, 11) is 5.74. The number of dihydropyridines is 1. The highest BCUT2D eigenvalue weighted by molar-refractivity contribution is 9.12. The van der Waals surface area contributed by atoms with Gasteiger partial charge in [-0.15, -0.1) is 6.58 Å². The largest absolute Gasteiger partial charge is 0.397 e. The lowest BCUT2D eigenvalue weighted by atomic mass is 9.72. The maximum atomic E-state index is 9.90. The quantitative estimate of drug-likeness (QED) is 0.591. The van der Waals surface area contributed by atoms with Crippen molar-refractivity contribution in [1.29, 1.82) is 0 Å². The molecule has 0 aliphatic carbocycles. The Morgan fingerprint density at radius 2 is 2.50 bits per heavy atom. The number of nitrogens with one attached hydrogen (secondary N) is 1. The van der Waals surface area contributed by atoms with Gasteiger partial charge in [0.2, 0.25) is 0 Å². The van der Waals surface area contributed by atoms with Gasteiger partial charge in [0.05, 0.1) is 11.5 Å². The van der Waals surface area contributed by atoms with Crippen LogP contribution in [0.25, 0.3) is 0 Å². The monoisotopic (exact) mass is 253 g/mol. The third kappa shape index (κ3) is 2.52. The maximum Gasteiger partial charge on any atom is 0.117 e. The second kappa shape index (κ2) is 4.36.